The molecule has 2 aromatic carbocycles. The Kier molecular flexibility index (Phi) is 13.0. The van der Waals surface area contributed by atoms with Crippen LogP contribution in [0.5, 0.6) is 0 Å². The van der Waals surface area contributed by atoms with E-state index in [1.54, 1.807) is 12.1 Å². The molecule has 3 rings (SSSR count). The number of hydrazine groups is 1. The molecule has 1 heterocycles. The van der Waals surface area contributed by atoms with E-state index >= 15 is 0 Å². The van der Waals surface area contributed by atoms with Crippen LogP contribution in [0.4, 0.5) is 10.1 Å². The number of fused-ring (bicyclic) bond motifs is 1. The second-order valence-corrected chi connectivity index (χ2v) is 8.80. The van der Waals surface area contributed by atoms with Crippen molar-refractivity contribution in [1.29, 1.82) is 0 Å². The number of carbonyl (C=O) groups excluding carboxylic acids is 2. The van der Waals surface area contributed by atoms with E-state index in [0.29, 0.717) is 24.7 Å². The SMILES string of the molecule is CC(C)NCCN(C(=O)CNCC(=O)N(C)N1Cc2ccccc2C1)c1cc(Cl)ccc1F.Cl.Cl. The standard InChI is InChI=1S/C24H31ClFN5O2.2ClH/c1-17(2)28-10-11-31(22-12-20(25)8-9-21(22)26)24(33)14-27-13-23(32)29(3)30-15-18-6-4-5-7-19(18)16-30;;/h4-9,12,17,27-28H,10-11,13-16H2,1-3H3;2*1H. The maximum Gasteiger partial charge on any atom is 0.250 e. The van der Waals surface area contributed by atoms with Gasteiger partial charge in [0.05, 0.1) is 18.8 Å². The maximum atomic E-state index is 14.4. The molecular formula is C24H33Cl3FN5O2. The van der Waals surface area contributed by atoms with E-state index in [1.807, 2.05) is 31.0 Å². The van der Waals surface area contributed by atoms with Gasteiger partial charge in [-0.2, -0.15) is 0 Å². The van der Waals surface area contributed by atoms with Crippen LogP contribution in [0.15, 0.2) is 42.5 Å². The van der Waals surface area contributed by atoms with Crippen molar-refractivity contribution >= 4 is 53.9 Å². The summed E-state index contributed by atoms with van der Waals surface area (Å²) in [5, 5.41) is 10.0. The molecule has 0 bridgehead atoms. The number of hydrogen-bond donors (Lipinski definition) is 2. The number of anilines is 1. The third-order valence-electron chi connectivity index (χ3n) is 5.55. The van der Waals surface area contributed by atoms with Gasteiger partial charge in [-0.15, -0.1) is 24.8 Å². The van der Waals surface area contributed by atoms with Gasteiger partial charge in [0.2, 0.25) is 5.91 Å². The minimum atomic E-state index is -0.526. The zero-order chi connectivity index (χ0) is 24.0. The van der Waals surface area contributed by atoms with E-state index in [2.05, 4.69) is 22.8 Å². The highest BCUT2D eigenvalue weighted by molar-refractivity contribution is 6.30. The number of amides is 2. The van der Waals surface area contributed by atoms with Crippen LogP contribution < -0.4 is 15.5 Å². The molecular weight excluding hydrogens is 516 g/mol. The minimum Gasteiger partial charge on any atom is -0.313 e. The largest absolute Gasteiger partial charge is 0.313 e. The van der Waals surface area contributed by atoms with Crippen LogP contribution in [0, 0.1) is 5.82 Å². The van der Waals surface area contributed by atoms with Crippen molar-refractivity contribution in [3.63, 3.8) is 0 Å². The molecule has 0 spiro atoms. The van der Waals surface area contributed by atoms with Crippen molar-refractivity contribution < 1.29 is 14.0 Å². The Morgan fingerprint density at radius 2 is 1.66 bits per heavy atom. The zero-order valence-electron chi connectivity index (χ0n) is 20.1. The van der Waals surface area contributed by atoms with Crippen molar-refractivity contribution in [3.8, 4) is 0 Å². The highest BCUT2D eigenvalue weighted by atomic mass is 35.5. The number of nitrogens with zero attached hydrogens (tertiary/aromatic N) is 3. The molecule has 0 atom stereocenters. The normalized spacial score (nSPS) is 12.5. The summed E-state index contributed by atoms with van der Waals surface area (Å²) in [6.07, 6.45) is 0. The number of benzene rings is 2. The average molecular weight is 549 g/mol. The fourth-order valence-corrected chi connectivity index (χ4v) is 3.87. The summed E-state index contributed by atoms with van der Waals surface area (Å²) < 4.78 is 14.4. The second-order valence-electron chi connectivity index (χ2n) is 8.36. The lowest BCUT2D eigenvalue weighted by Crippen LogP contribution is -2.47. The molecule has 0 radical (unpaired) electrons. The molecule has 0 unspecified atom stereocenters. The lowest BCUT2D eigenvalue weighted by atomic mass is 10.1. The fourth-order valence-electron chi connectivity index (χ4n) is 3.71. The predicted molar refractivity (Wildman–Crippen MR) is 143 cm³/mol. The van der Waals surface area contributed by atoms with Crippen molar-refractivity contribution in [1.82, 2.24) is 20.7 Å². The van der Waals surface area contributed by atoms with Crippen LogP contribution in [-0.4, -0.2) is 61.1 Å². The third kappa shape index (κ3) is 8.59. The number of rotatable bonds is 10. The summed E-state index contributed by atoms with van der Waals surface area (Å²) in [5.41, 5.74) is 2.53. The van der Waals surface area contributed by atoms with E-state index in [0.717, 1.165) is 0 Å². The van der Waals surface area contributed by atoms with E-state index in [4.69, 9.17) is 11.6 Å². The van der Waals surface area contributed by atoms with Gasteiger partial charge in [0.1, 0.15) is 5.82 Å². The number of likely N-dealkylation sites (N-methyl/N-ethyl adjacent to an activating group) is 1. The van der Waals surface area contributed by atoms with Crippen molar-refractivity contribution in [2.24, 2.45) is 0 Å². The van der Waals surface area contributed by atoms with Gasteiger partial charge >= 0.3 is 0 Å². The molecule has 35 heavy (non-hydrogen) atoms. The number of nitrogens with one attached hydrogen (secondary N) is 2. The van der Waals surface area contributed by atoms with Crippen LogP contribution in [0.25, 0.3) is 0 Å². The van der Waals surface area contributed by atoms with Crippen LogP contribution in [0.1, 0.15) is 25.0 Å². The van der Waals surface area contributed by atoms with E-state index < -0.39 is 5.82 Å². The van der Waals surface area contributed by atoms with Crippen LogP contribution in [0.2, 0.25) is 5.02 Å². The molecule has 11 heteroatoms. The molecule has 194 valence electrons. The number of halogens is 4. The Morgan fingerprint density at radius 1 is 1.06 bits per heavy atom. The van der Waals surface area contributed by atoms with E-state index in [9.17, 15) is 14.0 Å². The quantitative estimate of drug-likeness (QED) is 0.475. The lowest BCUT2D eigenvalue weighted by molar-refractivity contribution is -0.145. The first kappa shape index (κ1) is 31.1. The average Bonchev–Trinajstić information content (AvgIpc) is 3.22. The molecule has 1 aliphatic rings. The summed E-state index contributed by atoms with van der Waals surface area (Å²) in [7, 11) is 1.73. The summed E-state index contributed by atoms with van der Waals surface area (Å²) >= 11 is 6.04. The Balaban J connectivity index is 0.00000306. The van der Waals surface area contributed by atoms with Crippen LogP contribution in [-0.2, 0) is 22.7 Å². The lowest BCUT2D eigenvalue weighted by Gasteiger charge is -2.28. The van der Waals surface area contributed by atoms with Crippen LogP contribution in [0.3, 0.4) is 0 Å². The predicted octanol–water partition coefficient (Wildman–Crippen LogP) is 3.63. The van der Waals surface area contributed by atoms with Gasteiger partial charge in [-0.3, -0.25) is 19.9 Å². The summed E-state index contributed by atoms with van der Waals surface area (Å²) in [4.78, 5) is 26.9. The topological polar surface area (TPSA) is 67.9 Å². The van der Waals surface area contributed by atoms with Crippen LogP contribution >= 0.6 is 36.4 Å². The van der Waals surface area contributed by atoms with Crippen molar-refractivity contribution in [3.05, 3.63) is 64.4 Å². The first-order valence-electron chi connectivity index (χ1n) is 11.0. The van der Waals surface area contributed by atoms with Gasteiger partial charge in [0.25, 0.3) is 5.91 Å². The van der Waals surface area contributed by atoms with Crippen molar-refractivity contribution in [2.45, 2.75) is 33.0 Å². The summed E-state index contributed by atoms with van der Waals surface area (Å²) in [5.74, 6) is -1.02. The fraction of sp³-hybridized carbons (Fsp3) is 0.417. The first-order chi connectivity index (χ1) is 15.8. The van der Waals surface area contributed by atoms with Crippen molar-refractivity contribution in [2.75, 3.05) is 38.1 Å². The summed E-state index contributed by atoms with van der Waals surface area (Å²) in [6.45, 7) is 5.98. The Hall–Kier alpha value is -1.94. The Bertz CT molecular complexity index is 970. The smallest absolute Gasteiger partial charge is 0.250 e. The maximum absolute atomic E-state index is 14.4. The van der Waals surface area contributed by atoms with E-state index in [-0.39, 0.29) is 68.0 Å². The molecule has 0 saturated heterocycles. The Morgan fingerprint density at radius 3 is 2.26 bits per heavy atom. The highest BCUT2D eigenvalue weighted by Crippen LogP contribution is 2.24. The van der Waals surface area contributed by atoms with Gasteiger partial charge in [0.15, 0.2) is 0 Å². The second kappa shape index (κ2) is 14.6. The van der Waals surface area contributed by atoms with Gasteiger partial charge < -0.3 is 10.2 Å². The van der Waals surface area contributed by atoms with Gasteiger partial charge in [0, 0.05) is 44.3 Å². The number of hydrogen-bond acceptors (Lipinski definition) is 5. The molecule has 2 aromatic rings. The van der Waals surface area contributed by atoms with E-state index in [1.165, 1.54) is 34.2 Å². The monoisotopic (exact) mass is 547 g/mol. The number of carbonyl (C=O) groups is 2. The molecule has 1 aliphatic heterocycles. The molecule has 2 N–H and O–H groups in total. The zero-order valence-corrected chi connectivity index (χ0v) is 22.5. The minimum absolute atomic E-state index is 0. The first-order valence-corrected chi connectivity index (χ1v) is 11.4. The molecule has 7 nitrogen and oxygen atoms in total. The molecule has 0 aromatic heterocycles. The molecule has 0 fully saturated rings. The van der Waals surface area contributed by atoms with Gasteiger partial charge in [-0.1, -0.05) is 49.7 Å². The summed E-state index contributed by atoms with van der Waals surface area (Å²) in [6, 6.07) is 12.4. The van der Waals surface area contributed by atoms with Gasteiger partial charge in [-0.05, 0) is 29.3 Å². The Labute approximate surface area is 223 Å². The molecule has 0 aliphatic carbocycles. The highest BCUT2D eigenvalue weighted by Gasteiger charge is 2.25. The molecule has 2 amide bonds. The van der Waals surface area contributed by atoms with Gasteiger partial charge in [-0.25, -0.2) is 9.40 Å². The molecule has 0 saturated carbocycles. The third-order valence-corrected chi connectivity index (χ3v) is 5.78.